The van der Waals surface area contributed by atoms with Crippen molar-refractivity contribution in [2.24, 2.45) is 0 Å². The molecule has 0 amide bonds. The molecule has 0 unspecified atom stereocenters. The smallest absolute Gasteiger partial charge is 0.178 e. The van der Waals surface area contributed by atoms with Gasteiger partial charge in [0, 0.05) is 17.0 Å². The molecule has 0 fully saturated rings. The van der Waals surface area contributed by atoms with Gasteiger partial charge >= 0.3 is 0 Å². The van der Waals surface area contributed by atoms with Crippen LogP contribution >= 0.6 is 23.4 Å². The van der Waals surface area contributed by atoms with Crippen molar-refractivity contribution in [3.8, 4) is 0 Å². The summed E-state index contributed by atoms with van der Waals surface area (Å²) in [5.41, 5.74) is 2.14. The van der Waals surface area contributed by atoms with Gasteiger partial charge in [-0.1, -0.05) is 29.4 Å². The maximum Gasteiger partial charge on any atom is 0.178 e. The lowest BCUT2D eigenvalue weighted by Gasteiger charge is -2.01. The molecule has 0 aliphatic heterocycles. The number of thioether (sulfide) groups is 1. The Hall–Kier alpha value is -1.59. The van der Waals surface area contributed by atoms with Crippen LogP contribution in [-0.4, -0.2) is 15.0 Å². The summed E-state index contributed by atoms with van der Waals surface area (Å²) in [7, 11) is 0. The minimum absolute atomic E-state index is 0.297. The van der Waals surface area contributed by atoms with Gasteiger partial charge in [0.15, 0.2) is 10.8 Å². The largest absolute Gasteiger partial charge is 0.332 e. The van der Waals surface area contributed by atoms with Crippen molar-refractivity contribution < 1.29 is 4.39 Å². The average Bonchev–Trinajstić information content (AvgIpc) is 2.80. The number of nitrogens with zero attached hydrogens (tertiary/aromatic N) is 2. The Kier molecular flexibility index (Phi) is 3.40. The van der Waals surface area contributed by atoms with Crippen LogP contribution in [0.15, 0.2) is 41.7 Å². The molecule has 96 valence electrons. The molecule has 3 aromatic rings. The van der Waals surface area contributed by atoms with E-state index in [1.54, 1.807) is 18.3 Å². The van der Waals surface area contributed by atoms with Crippen LogP contribution in [0.4, 0.5) is 4.39 Å². The van der Waals surface area contributed by atoms with Crippen molar-refractivity contribution in [3.63, 3.8) is 0 Å². The molecule has 0 aliphatic rings. The van der Waals surface area contributed by atoms with Gasteiger partial charge in [-0.15, -0.1) is 0 Å². The number of aromatic amines is 1. The lowest BCUT2D eigenvalue weighted by molar-refractivity contribution is 0.617. The molecule has 0 saturated carbocycles. The van der Waals surface area contributed by atoms with Crippen LogP contribution in [0, 0.1) is 5.82 Å². The van der Waals surface area contributed by atoms with Gasteiger partial charge in [-0.25, -0.2) is 14.4 Å². The summed E-state index contributed by atoms with van der Waals surface area (Å²) in [6.07, 6.45) is 1.69. The SMILES string of the molecule is Fc1cc(Cl)ccc1CSc1nc2ncccc2[nH]1. The molecule has 0 aliphatic carbocycles. The van der Waals surface area contributed by atoms with E-state index in [2.05, 4.69) is 15.0 Å². The number of rotatable bonds is 3. The van der Waals surface area contributed by atoms with Gasteiger partial charge in [-0.2, -0.15) is 0 Å². The predicted molar refractivity (Wildman–Crippen MR) is 74.9 cm³/mol. The number of imidazole rings is 1. The molecule has 2 aromatic heterocycles. The van der Waals surface area contributed by atoms with E-state index in [-0.39, 0.29) is 5.82 Å². The maximum atomic E-state index is 13.6. The Morgan fingerprint density at radius 3 is 3.00 bits per heavy atom. The number of pyridine rings is 1. The van der Waals surface area contributed by atoms with Crippen LogP contribution in [0.2, 0.25) is 5.02 Å². The maximum absolute atomic E-state index is 13.6. The first-order valence-electron chi connectivity index (χ1n) is 5.60. The zero-order valence-electron chi connectivity index (χ0n) is 9.73. The fourth-order valence-electron chi connectivity index (χ4n) is 1.68. The van der Waals surface area contributed by atoms with Crippen LogP contribution in [0.5, 0.6) is 0 Å². The van der Waals surface area contributed by atoms with E-state index >= 15 is 0 Å². The van der Waals surface area contributed by atoms with E-state index in [9.17, 15) is 4.39 Å². The number of fused-ring (bicyclic) bond motifs is 1. The Morgan fingerprint density at radius 2 is 2.21 bits per heavy atom. The molecule has 19 heavy (non-hydrogen) atoms. The molecule has 0 atom stereocenters. The topological polar surface area (TPSA) is 41.6 Å². The number of hydrogen-bond acceptors (Lipinski definition) is 3. The highest BCUT2D eigenvalue weighted by Crippen LogP contribution is 2.24. The zero-order valence-corrected chi connectivity index (χ0v) is 11.3. The minimum atomic E-state index is -0.297. The monoisotopic (exact) mass is 293 g/mol. The van der Waals surface area contributed by atoms with Crippen molar-refractivity contribution in [2.45, 2.75) is 10.9 Å². The van der Waals surface area contributed by atoms with Gasteiger partial charge in [0.2, 0.25) is 0 Å². The second-order valence-electron chi connectivity index (χ2n) is 3.94. The highest BCUT2D eigenvalue weighted by atomic mass is 35.5. The van der Waals surface area contributed by atoms with E-state index in [0.717, 1.165) is 10.7 Å². The molecule has 2 heterocycles. The van der Waals surface area contributed by atoms with Crippen LogP contribution in [0.3, 0.4) is 0 Å². The number of halogens is 2. The van der Waals surface area contributed by atoms with E-state index in [4.69, 9.17) is 11.6 Å². The molecule has 0 radical (unpaired) electrons. The fourth-order valence-corrected chi connectivity index (χ4v) is 2.69. The Morgan fingerprint density at radius 1 is 1.32 bits per heavy atom. The van der Waals surface area contributed by atoms with Crippen molar-refractivity contribution >= 4 is 34.5 Å². The van der Waals surface area contributed by atoms with Crippen molar-refractivity contribution in [3.05, 3.63) is 52.9 Å². The Balaban J connectivity index is 1.78. The molecule has 0 bridgehead atoms. The number of hydrogen-bond donors (Lipinski definition) is 1. The summed E-state index contributed by atoms with van der Waals surface area (Å²) < 4.78 is 13.6. The lowest BCUT2D eigenvalue weighted by Crippen LogP contribution is -1.87. The second kappa shape index (κ2) is 5.19. The molecular formula is C13H9ClFN3S. The molecule has 3 rings (SSSR count). The summed E-state index contributed by atoms with van der Waals surface area (Å²) in [5.74, 6) is 0.192. The van der Waals surface area contributed by atoms with Crippen LogP contribution in [0.25, 0.3) is 11.2 Å². The summed E-state index contributed by atoms with van der Waals surface area (Å²) >= 11 is 7.14. The van der Waals surface area contributed by atoms with E-state index in [1.807, 2.05) is 12.1 Å². The second-order valence-corrected chi connectivity index (χ2v) is 5.34. The van der Waals surface area contributed by atoms with E-state index in [1.165, 1.54) is 17.8 Å². The molecule has 6 heteroatoms. The van der Waals surface area contributed by atoms with Crippen molar-refractivity contribution in [1.82, 2.24) is 15.0 Å². The first kappa shape index (κ1) is 12.4. The molecule has 0 spiro atoms. The highest BCUT2D eigenvalue weighted by Gasteiger charge is 2.07. The molecule has 1 aromatic carbocycles. The van der Waals surface area contributed by atoms with Gasteiger partial charge in [0.05, 0.1) is 5.52 Å². The van der Waals surface area contributed by atoms with Crippen molar-refractivity contribution in [2.75, 3.05) is 0 Å². The van der Waals surface area contributed by atoms with Gasteiger partial charge in [0.1, 0.15) is 5.82 Å². The molecule has 3 nitrogen and oxygen atoms in total. The average molecular weight is 294 g/mol. The Labute approximate surface area is 118 Å². The van der Waals surface area contributed by atoms with Gasteiger partial charge in [0.25, 0.3) is 0 Å². The highest BCUT2D eigenvalue weighted by molar-refractivity contribution is 7.98. The van der Waals surface area contributed by atoms with Crippen LogP contribution in [-0.2, 0) is 5.75 Å². The molecule has 0 saturated heterocycles. The first-order valence-corrected chi connectivity index (χ1v) is 6.96. The van der Waals surface area contributed by atoms with Gasteiger partial charge < -0.3 is 4.98 Å². The normalized spacial score (nSPS) is 11.1. The summed E-state index contributed by atoms with van der Waals surface area (Å²) in [4.78, 5) is 11.6. The fraction of sp³-hybridized carbons (Fsp3) is 0.0769. The van der Waals surface area contributed by atoms with Crippen molar-refractivity contribution in [1.29, 1.82) is 0 Å². The first-order chi connectivity index (χ1) is 9.22. The predicted octanol–water partition coefficient (Wildman–Crippen LogP) is 4.04. The quantitative estimate of drug-likeness (QED) is 0.741. The van der Waals surface area contributed by atoms with E-state index < -0.39 is 0 Å². The third-order valence-electron chi connectivity index (χ3n) is 2.62. The zero-order chi connectivity index (χ0) is 13.2. The third kappa shape index (κ3) is 2.72. The third-order valence-corrected chi connectivity index (χ3v) is 3.77. The number of H-pyrrole nitrogens is 1. The number of aromatic nitrogens is 3. The Bertz CT molecular complexity index is 696. The van der Waals surface area contributed by atoms with Crippen LogP contribution in [0.1, 0.15) is 5.56 Å². The minimum Gasteiger partial charge on any atom is -0.332 e. The summed E-state index contributed by atoms with van der Waals surface area (Å²) in [6, 6.07) is 8.43. The summed E-state index contributed by atoms with van der Waals surface area (Å²) in [6.45, 7) is 0. The van der Waals surface area contributed by atoms with E-state index in [0.29, 0.717) is 22.0 Å². The number of benzene rings is 1. The van der Waals surface area contributed by atoms with Gasteiger partial charge in [-0.05, 0) is 29.8 Å². The summed E-state index contributed by atoms with van der Waals surface area (Å²) in [5, 5.41) is 1.13. The molecule has 1 N–H and O–H groups in total. The molecular weight excluding hydrogens is 285 g/mol. The lowest BCUT2D eigenvalue weighted by atomic mass is 10.2. The number of nitrogens with one attached hydrogen (secondary N) is 1. The van der Waals surface area contributed by atoms with Crippen LogP contribution < -0.4 is 0 Å². The standard InChI is InChI=1S/C13H9ClFN3S/c14-9-4-3-8(10(15)6-9)7-19-13-17-11-2-1-5-16-12(11)18-13/h1-6H,7H2,(H,16,17,18). The van der Waals surface area contributed by atoms with Gasteiger partial charge in [-0.3, -0.25) is 0 Å².